The van der Waals surface area contributed by atoms with Crippen LogP contribution in [0.1, 0.15) is 58.4 Å². The van der Waals surface area contributed by atoms with Crippen molar-refractivity contribution in [1.29, 1.82) is 0 Å². The lowest BCUT2D eigenvalue weighted by Gasteiger charge is -2.36. The predicted molar refractivity (Wildman–Crippen MR) is 83.4 cm³/mol. The topological polar surface area (TPSA) is 12.0 Å². The SMILES string of the molecule is CCC(Cc1ccccc1)NC1CCC(C)(C)CC1. The summed E-state index contributed by atoms with van der Waals surface area (Å²) >= 11 is 0. The fourth-order valence-electron chi connectivity index (χ4n) is 3.12. The summed E-state index contributed by atoms with van der Waals surface area (Å²) in [7, 11) is 0. The normalized spacial score (nSPS) is 21.2. The monoisotopic (exact) mass is 259 g/mol. The molecule has 1 atom stereocenters. The minimum atomic E-state index is 0.569. The number of nitrogens with one attached hydrogen (secondary N) is 1. The summed E-state index contributed by atoms with van der Waals surface area (Å²) in [6.07, 6.45) is 7.81. The summed E-state index contributed by atoms with van der Waals surface area (Å²) in [6.45, 7) is 7.11. The Hall–Kier alpha value is -0.820. The molecular formula is C18H29N. The van der Waals surface area contributed by atoms with Gasteiger partial charge in [0.2, 0.25) is 0 Å². The molecule has 0 spiro atoms. The minimum Gasteiger partial charge on any atom is -0.311 e. The molecule has 0 aromatic heterocycles. The molecule has 0 amide bonds. The van der Waals surface area contributed by atoms with Crippen molar-refractivity contribution < 1.29 is 0 Å². The summed E-state index contributed by atoms with van der Waals surface area (Å²) in [5.74, 6) is 0. The van der Waals surface area contributed by atoms with Crippen LogP contribution in [0.3, 0.4) is 0 Å². The van der Waals surface area contributed by atoms with Gasteiger partial charge < -0.3 is 5.32 Å². The van der Waals surface area contributed by atoms with Crippen molar-refractivity contribution in [1.82, 2.24) is 5.32 Å². The first kappa shape index (κ1) is 14.6. The average molecular weight is 259 g/mol. The fraction of sp³-hybridized carbons (Fsp3) is 0.667. The smallest absolute Gasteiger partial charge is 0.0107 e. The molecule has 1 N–H and O–H groups in total. The van der Waals surface area contributed by atoms with Crippen molar-refractivity contribution in [3.8, 4) is 0 Å². The molecule has 1 nitrogen and oxygen atoms in total. The van der Waals surface area contributed by atoms with E-state index in [1.54, 1.807) is 0 Å². The average Bonchev–Trinajstić information content (AvgIpc) is 2.41. The van der Waals surface area contributed by atoms with Crippen LogP contribution in [0.4, 0.5) is 0 Å². The van der Waals surface area contributed by atoms with Gasteiger partial charge in [0.1, 0.15) is 0 Å². The third-order valence-corrected chi connectivity index (χ3v) is 4.63. The van der Waals surface area contributed by atoms with E-state index >= 15 is 0 Å². The lowest BCUT2D eigenvalue weighted by molar-refractivity contribution is 0.197. The molecule has 106 valence electrons. The quantitative estimate of drug-likeness (QED) is 0.817. The number of benzene rings is 1. The molecule has 1 fully saturated rings. The van der Waals surface area contributed by atoms with Gasteiger partial charge in [-0.2, -0.15) is 0 Å². The van der Waals surface area contributed by atoms with Crippen molar-refractivity contribution in [3.63, 3.8) is 0 Å². The van der Waals surface area contributed by atoms with Crippen molar-refractivity contribution >= 4 is 0 Å². The zero-order chi connectivity index (χ0) is 13.7. The van der Waals surface area contributed by atoms with Crippen molar-refractivity contribution in [2.75, 3.05) is 0 Å². The van der Waals surface area contributed by atoms with Crippen LogP contribution in [-0.4, -0.2) is 12.1 Å². The molecule has 1 unspecified atom stereocenters. The summed E-state index contributed by atoms with van der Waals surface area (Å²) in [5, 5.41) is 3.89. The molecule has 0 heterocycles. The van der Waals surface area contributed by atoms with Gasteiger partial charge in [-0.25, -0.2) is 0 Å². The van der Waals surface area contributed by atoms with Gasteiger partial charge in [0.05, 0.1) is 0 Å². The molecule has 19 heavy (non-hydrogen) atoms. The molecular weight excluding hydrogens is 230 g/mol. The standard InChI is InChI=1S/C18H29N/c1-4-16(14-15-8-6-5-7-9-15)19-17-10-12-18(2,3)13-11-17/h5-9,16-17,19H,4,10-14H2,1-3H3. The Bertz CT molecular complexity index is 359. The van der Waals surface area contributed by atoms with E-state index in [4.69, 9.17) is 0 Å². The maximum atomic E-state index is 3.89. The molecule has 1 aliphatic carbocycles. The Morgan fingerprint density at radius 3 is 2.37 bits per heavy atom. The van der Waals surface area contributed by atoms with Crippen LogP contribution in [-0.2, 0) is 6.42 Å². The first-order valence-corrected chi connectivity index (χ1v) is 7.89. The van der Waals surface area contributed by atoms with Crippen LogP contribution in [0, 0.1) is 5.41 Å². The van der Waals surface area contributed by atoms with Crippen molar-refractivity contribution in [2.24, 2.45) is 5.41 Å². The van der Waals surface area contributed by atoms with Gasteiger partial charge in [0, 0.05) is 12.1 Å². The zero-order valence-corrected chi connectivity index (χ0v) is 12.8. The second-order valence-electron chi connectivity index (χ2n) is 6.90. The molecule has 0 saturated heterocycles. The highest BCUT2D eigenvalue weighted by Crippen LogP contribution is 2.35. The summed E-state index contributed by atoms with van der Waals surface area (Å²) < 4.78 is 0. The third kappa shape index (κ3) is 4.65. The Kier molecular flexibility index (Phi) is 5.04. The van der Waals surface area contributed by atoms with E-state index in [0.717, 1.165) is 12.5 Å². The largest absolute Gasteiger partial charge is 0.311 e. The zero-order valence-electron chi connectivity index (χ0n) is 12.8. The number of hydrogen-bond acceptors (Lipinski definition) is 1. The second-order valence-corrected chi connectivity index (χ2v) is 6.90. The Morgan fingerprint density at radius 1 is 1.16 bits per heavy atom. The maximum Gasteiger partial charge on any atom is 0.0107 e. The summed E-state index contributed by atoms with van der Waals surface area (Å²) in [6, 6.07) is 12.2. The molecule has 0 bridgehead atoms. The lowest BCUT2D eigenvalue weighted by Crippen LogP contribution is -2.42. The maximum absolute atomic E-state index is 3.89. The second kappa shape index (κ2) is 6.56. The fourth-order valence-corrected chi connectivity index (χ4v) is 3.12. The van der Waals surface area contributed by atoms with E-state index in [9.17, 15) is 0 Å². The molecule has 1 aromatic rings. The van der Waals surface area contributed by atoms with E-state index in [-0.39, 0.29) is 0 Å². The van der Waals surface area contributed by atoms with Crippen LogP contribution in [0.2, 0.25) is 0 Å². The summed E-state index contributed by atoms with van der Waals surface area (Å²) in [4.78, 5) is 0. The first-order valence-electron chi connectivity index (χ1n) is 7.89. The molecule has 0 aliphatic heterocycles. The minimum absolute atomic E-state index is 0.569. The third-order valence-electron chi connectivity index (χ3n) is 4.63. The van der Waals surface area contributed by atoms with E-state index in [1.165, 1.54) is 37.7 Å². The van der Waals surface area contributed by atoms with Crippen LogP contribution in [0.25, 0.3) is 0 Å². The summed E-state index contributed by atoms with van der Waals surface area (Å²) in [5.41, 5.74) is 2.03. The molecule has 2 rings (SSSR count). The van der Waals surface area contributed by atoms with Gasteiger partial charge in [-0.3, -0.25) is 0 Å². The van der Waals surface area contributed by atoms with Crippen LogP contribution < -0.4 is 5.32 Å². The van der Waals surface area contributed by atoms with Gasteiger partial charge in [-0.15, -0.1) is 0 Å². The Morgan fingerprint density at radius 2 is 1.79 bits per heavy atom. The van der Waals surface area contributed by atoms with Gasteiger partial charge in [-0.05, 0) is 49.5 Å². The lowest BCUT2D eigenvalue weighted by atomic mass is 9.75. The van der Waals surface area contributed by atoms with E-state index in [1.807, 2.05) is 0 Å². The highest BCUT2D eigenvalue weighted by atomic mass is 14.9. The highest BCUT2D eigenvalue weighted by molar-refractivity contribution is 5.15. The van der Waals surface area contributed by atoms with Gasteiger partial charge in [0.15, 0.2) is 0 Å². The highest BCUT2D eigenvalue weighted by Gasteiger charge is 2.27. The van der Waals surface area contributed by atoms with E-state index in [2.05, 4.69) is 56.4 Å². The van der Waals surface area contributed by atoms with Crippen molar-refractivity contribution in [3.05, 3.63) is 35.9 Å². The van der Waals surface area contributed by atoms with Gasteiger partial charge >= 0.3 is 0 Å². The molecule has 1 aromatic carbocycles. The van der Waals surface area contributed by atoms with Gasteiger partial charge in [0.25, 0.3) is 0 Å². The molecule has 0 radical (unpaired) electrons. The van der Waals surface area contributed by atoms with Crippen LogP contribution in [0.15, 0.2) is 30.3 Å². The van der Waals surface area contributed by atoms with E-state index in [0.29, 0.717) is 11.5 Å². The Labute approximate surface area is 118 Å². The molecule has 1 aliphatic rings. The number of rotatable bonds is 5. The molecule has 1 saturated carbocycles. The van der Waals surface area contributed by atoms with E-state index < -0.39 is 0 Å². The van der Waals surface area contributed by atoms with Gasteiger partial charge in [-0.1, -0.05) is 51.1 Å². The Balaban J connectivity index is 1.83. The van der Waals surface area contributed by atoms with Crippen LogP contribution >= 0.6 is 0 Å². The van der Waals surface area contributed by atoms with Crippen molar-refractivity contribution in [2.45, 2.75) is 71.4 Å². The van der Waals surface area contributed by atoms with Crippen LogP contribution in [0.5, 0.6) is 0 Å². The molecule has 1 heteroatoms. The predicted octanol–water partition coefficient (Wildman–Crippen LogP) is 4.57. The first-order chi connectivity index (χ1) is 9.09. The number of hydrogen-bond donors (Lipinski definition) is 1.